The first-order valence-corrected chi connectivity index (χ1v) is 6.48. The van der Waals surface area contributed by atoms with E-state index >= 15 is 0 Å². The lowest BCUT2D eigenvalue weighted by Gasteiger charge is -2.35. The van der Waals surface area contributed by atoms with Crippen molar-refractivity contribution in [3.05, 3.63) is 35.9 Å². The zero-order chi connectivity index (χ0) is 12.1. The van der Waals surface area contributed by atoms with Gasteiger partial charge >= 0.3 is 0 Å². The molecule has 1 aliphatic rings. The van der Waals surface area contributed by atoms with Gasteiger partial charge in [0.05, 0.1) is 0 Å². The lowest BCUT2D eigenvalue weighted by molar-refractivity contribution is 0.123. The smallest absolute Gasteiger partial charge is 0.0234 e. The topological polar surface area (TPSA) is 32.5 Å². The van der Waals surface area contributed by atoms with Crippen LogP contribution < -0.4 is 5.73 Å². The molecule has 2 N–H and O–H groups in total. The second kappa shape index (κ2) is 6.15. The molecule has 0 bridgehead atoms. The second-order valence-corrected chi connectivity index (χ2v) is 5.04. The summed E-state index contributed by atoms with van der Waals surface area (Å²) in [5, 5.41) is 0. The van der Waals surface area contributed by atoms with Crippen molar-refractivity contribution in [2.75, 3.05) is 32.7 Å². The van der Waals surface area contributed by atoms with E-state index < -0.39 is 0 Å². The number of benzene rings is 1. The maximum absolute atomic E-state index is 5.83. The van der Waals surface area contributed by atoms with Crippen LogP contribution in [0, 0.1) is 0 Å². The van der Waals surface area contributed by atoms with Gasteiger partial charge in [-0.3, -0.25) is 9.80 Å². The molecule has 1 heterocycles. The fourth-order valence-corrected chi connectivity index (χ4v) is 2.38. The van der Waals surface area contributed by atoms with E-state index in [1.165, 1.54) is 5.56 Å². The molecule has 1 aliphatic heterocycles. The van der Waals surface area contributed by atoms with E-state index in [-0.39, 0.29) is 6.04 Å². The van der Waals surface area contributed by atoms with E-state index in [1.807, 2.05) is 0 Å². The SMILES string of the molecule is C[C@@H](N)CN1CCN(Cc2ccccc2)CC1. The van der Waals surface area contributed by atoms with Crippen LogP contribution in [-0.2, 0) is 6.54 Å². The van der Waals surface area contributed by atoms with Crippen LogP contribution in [0.25, 0.3) is 0 Å². The number of nitrogens with zero attached hydrogens (tertiary/aromatic N) is 2. The Labute approximate surface area is 104 Å². The van der Waals surface area contributed by atoms with Crippen molar-refractivity contribution in [2.45, 2.75) is 19.5 Å². The summed E-state index contributed by atoms with van der Waals surface area (Å²) in [6, 6.07) is 11.0. The number of hydrogen-bond donors (Lipinski definition) is 1. The zero-order valence-corrected chi connectivity index (χ0v) is 10.7. The molecule has 0 saturated carbocycles. The Kier molecular flexibility index (Phi) is 4.54. The van der Waals surface area contributed by atoms with Crippen molar-refractivity contribution in [1.29, 1.82) is 0 Å². The lowest BCUT2D eigenvalue weighted by Crippen LogP contribution is -2.48. The van der Waals surface area contributed by atoms with E-state index in [0.29, 0.717) is 0 Å². The van der Waals surface area contributed by atoms with E-state index in [2.05, 4.69) is 47.1 Å². The highest BCUT2D eigenvalue weighted by Crippen LogP contribution is 2.08. The molecule has 1 fully saturated rings. The predicted molar refractivity (Wildman–Crippen MR) is 71.8 cm³/mol. The van der Waals surface area contributed by atoms with Gasteiger partial charge in [-0.1, -0.05) is 30.3 Å². The summed E-state index contributed by atoms with van der Waals surface area (Å²) in [5.41, 5.74) is 7.24. The Bertz CT molecular complexity index is 315. The van der Waals surface area contributed by atoms with Crippen LogP contribution in [0.15, 0.2) is 30.3 Å². The average molecular weight is 233 g/mol. The summed E-state index contributed by atoms with van der Waals surface area (Å²) < 4.78 is 0. The summed E-state index contributed by atoms with van der Waals surface area (Å²) in [4.78, 5) is 4.99. The number of nitrogens with two attached hydrogens (primary N) is 1. The van der Waals surface area contributed by atoms with E-state index in [4.69, 9.17) is 5.73 Å². The number of rotatable bonds is 4. The van der Waals surface area contributed by atoms with Gasteiger partial charge in [-0.15, -0.1) is 0 Å². The van der Waals surface area contributed by atoms with E-state index in [0.717, 1.165) is 39.3 Å². The van der Waals surface area contributed by atoms with Gasteiger partial charge in [0.2, 0.25) is 0 Å². The molecule has 17 heavy (non-hydrogen) atoms. The third-order valence-corrected chi connectivity index (χ3v) is 3.26. The van der Waals surface area contributed by atoms with Crippen LogP contribution in [0.5, 0.6) is 0 Å². The lowest BCUT2D eigenvalue weighted by atomic mass is 10.2. The minimum atomic E-state index is 0.288. The molecular formula is C14H23N3. The van der Waals surface area contributed by atoms with Crippen molar-refractivity contribution >= 4 is 0 Å². The molecule has 2 rings (SSSR count). The maximum atomic E-state index is 5.83. The molecule has 1 aromatic rings. The van der Waals surface area contributed by atoms with Gasteiger partial charge in [-0.2, -0.15) is 0 Å². The molecule has 94 valence electrons. The Morgan fingerprint density at radius 3 is 2.24 bits per heavy atom. The summed E-state index contributed by atoms with van der Waals surface area (Å²) in [7, 11) is 0. The van der Waals surface area contributed by atoms with Crippen LogP contribution >= 0.6 is 0 Å². The average Bonchev–Trinajstić information content (AvgIpc) is 2.32. The molecule has 1 aromatic carbocycles. The molecule has 0 aromatic heterocycles. The maximum Gasteiger partial charge on any atom is 0.0234 e. The molecule has 1 saturated heterocycles. The van der Waals surface area contributed by atoms with Crippen molar-refractivity contribution in [3.8, 4) is 0 Å². The number of piperazine rings is 1. The minimum absolute atomic E-state index is 0.288. The summed E-state index contributed by atoms with van der Waals surface area (Å²) in [6.45, 7) is 8.79. The first-order chi connectivity index (χ1) is 8.24. The van der Waals surface area contributed by atoms with E-state index in [1.54, 1.807) is 0 Å². The van der Waals surface area contributed by atoms with Crippen LogP contribution in [-0.4, -0.2) is 48.6 Å². The van der Waals surface area contributed by atoms with Gasteiger partial charge in [0.25, 0.3) is 0 Å². The van der Waals surface area contributed by atoms with Crippen molar-refractivity contribution in [1.82, 2.24) is 9.80 Å². The molecule has 0 unspecified atom stereocenters. The van der Waals surface area contributed by atoms with Gasteiger partial charge in [0, 0.05) is 45.3 Å². The normalized spacial score (nSPS) is 20.4. The molecule has 0 aliphatic carbocycles. The van der Waals surface area contributed by atoms with Gasteiger partial charge in [0.1, 0.15) is 0 Å². The molecule has 1 atom stereocenters. The Hall–Kier alpha value is -0.900. The third kappa shape index (κ3) is 4.11. The van der Waals surface area contributed by atoms with Gasteiger partial charge in [-0.05, 0) is 12.5 Å². The molecule has 0 amide bonds. The monoisotopic (exact) mass is 233 g/mol. The van der Waals surface area contributed by atoms with Crippen LogP contribution in [0.4, 0.5) is 0 Å². The molecule has 0 spiro atoms. The number of hydrogen-bond acceptors (Lipinski definition) is 3. The van der Waals surface area contributed by atoms with Crippen molar-refractivity contribution in [3.63, 3.8) is 0 Å². The molecular weight excluding hydrogens is 210 g/mol. The van der Waals surface area contributed by atoms with Crippen LogP contribution in [0.2, 0.25) is 0 Å². The van der Waals surface area contributed by atoms with E-state index in [9.17, 15) is 0 Å². The zero-order valence-electron chi connectivity index (χ0n) is 10.7. The fourth-order valence-electron chi connectivity index (χ4n) is 2.38. The first kappa shape index (κ1) is 12.6. The standard InChI is InChI=1S/C14H23N3/c1-13(15)11-16-7-9-17(10-8-16)12-14-5-3-2-4-6-14/h2-6,13H,7-12,15H2,1H3/t13-/m1/s1. The largest absolute Gasteiger partial charge is 0.327 e. The Balaban J connectivity index is 1.76. The molecule has 3 nitrogen and oxygen atoms in total. The highest BCUT2D eigenvalue weighted by Gasteiger charge is 2.17. The summed E-state index contributed by atoms with van der Waals surface area (Å²) in [6.07, 6.45) is 0. The van der Waals surface area contributed by atoms with Crippen LogP contribution in [0.3, 0.4) is 0 Å². The Morgan fingerprint density at radius 1 is 1.06 bits per heavy atom. The second-order valence-electron chi connectivity index (χ2n) is 5.04. The van der Waals surface area contributed by atoms with Gasteiger partial charge < -0.3 is 5.73 Å². The van der Waals surface area contributed by atoms with Gasteiger partial charge in [-0.25, -0.2) is 0 Å². The summed E-state index contributed by atoms with van der Waals surface area (Å²) >= 11 is 0. The quantitative estimate of drug-likeness (QED) is 0.847. The highest BCUT2D eigenvalue weighted by molar-refractivity contribution is 5.14. The van der Waals surface area contributed by atoms with Crippen molar-refractivity contribution in [2.24, 2.45) is 5.73 Å². The third-order valence-electron chi connectivity index (χ3n) is 3.26. The van der Waals surface area contributed by atoms with Crippen LogP contribution in [0.1, 0.15) is 12.5 Å². The Morgan fingerprint density at radius 2 is 1.65 bits per heavy atom. The minimum Gasteiger partial charge on any atom is -0.327 e. The fraction of sp³-hybridized carbons (Fsp3) is 0.571. The molecule has 3 heteroatoms. The van der Waals surface area contributed by atoms with Crippen molar-refractivity contribution < 1.29 is 0 Å². The predicted octanol–water partition coefficient (Wildman–Crippen LogP) is 1.15. The molecule has 0 radical (unpaired) electrons. The first-order valence-electron chi connectivity index (χ1n) is 6.48. The van der Waals surface area contributed by atoms with Gasteiger partial charge in [0.15, 0.2) is 0 Å². The highest BCUT2D eigenvalue weighted by atomic mass is 15.3. The summed E-state index contributed by atoms with van der Waals surface area (Å²) in [5.74, 6) is 0.